The van der Waals surface area contributed by atoms with Gasteiger partial charge in [-0.1, -0.05) is 32.9 Å². The zero-order valence-electron chi connectivity index (χ0n) is 14.3. The third-order valence-electron chi connectivity index (χ3n) is 3.00. The van der Waals surface area contributed by atoms with Gasteiger partial charge in [-0.15, -0.1) is 11.8 Å². The minimum Gasteiger partial charge on any atom is -0.452 e. The lowest BCUT2D eigenvalue weighted by Crippen LogP contribution is -2.42. The van der Waals surface area contributed by atoms with Crippen LogP contribution in [0.4, 0.5) is 4.79 Å². The van der Waals surface area contributed by atoms with Gasteiger partial charge in [-0.2, -0.15) is 0 Å². The first-order chi connectivity index (χ1) is 11.4. The second kappa shape index (κ2) is 10.7. The first kappa shape index (κ1) is 20.0. The molecule has 132 valence electrons. The van der Waals surface area contributed by atoms with Crippen molar-refractivity contribution in [1.29, 1.82) is 0 Å². The van der Waals surface area contributed by atoms with Gasteiger partial charge in [-0.3, -0.25) is 10.1 Å². The number of imide groups is 1. The molecule has 3 amide bonds. The van der Waals surface area contributed by atoms with E-state index in [1.807, 2.05) is 32.9 Å². The molecule has 1 rings (SSSR count). The first-order valence-electron chi connectivity index (χ1n) is 7.90. The van der Waals surface area contributed by atoms with E-state index in [4.69, 9.17) is 4.74 Å². The molecule has 0 heterocycles. The summed E-state index contributed by atoms with van der Waals surface area (Å²) in [4.78, 5) is 36.0. The molecule has 6 nitrogen and oxygen atoms in total. The zero-order chi connectivity index (χ0) is 17.9. The topological polar surface area (TPSA) is 84.5 Å². The summed E-state index contributed by atoms with van der Waals surface area (Å²) in [5, 5.41) is 4.70. The number of benzene rings is 1. The van der Waals surface area contributed by atoms with Crippen LogP contribution >= 0.6 is 11.8 Å². The van der Waals surface area contributed by atoms with Crippen molar-refractivity contribution in [3.63, 3.8) is 0 Å². The van der Waals surface area contributed by atoms with Crippen LogP contribution in [-0.2, 0) is 9.53 Å². The molecule has 1 aromatic carbocycles. The van der Waals surface area contributed by atoms with Gasteiger partial charge in [-0.05, 0) is 30.2 Å². The van der Waals surface area contributed by atoms with E-state index in [9.17, 15) is 14.4 Å². The molecule has 0 bridgehead atoms. The van der Waals surface area contributed by atoms with Gasteiger partial charge in [0, 0.05) is 11.4 Å². The molecule has 0 saturated carbocycles. The van der Waals surface area contributed by atoms with Crippen LogP contribution in [0.1, 0.15) is 37.6 Å². The Morgan fingerprint density at radius 3 is 2.58 bits per heavy atom. The molecule has 0 aliphatic rings. The van der Waals surface area contributed by atoms with Gasteiger partial charge < -0.3 is 10.1 Å². The Hall–Kier alpha value is -2.02. The fourth-order valence-corrected chi connectivity index (χ4v) is 2.60. The van der Waals surface area contributed by atoms with E-state index in [-0.39, 0.29) is 0 Å². The number of nitrogens with one attached hydrogen (secondary N) is 2. The summed E-state index contributed by atoms with van der Waals surface area (Å²) >= 11 is 1.52. The Kier molecular flexibility index (Phi) is 8.93. The quantitative estimate of drug-likeness (QED) is 0.555. The van der Waals surface area contributed by atoms with Crippen molar-refractivity contribution in [2.45, 2.75) is 32.1 Å². The molecule has 0 aromatic heterocycles. The summed E-state index contributed by atoms with van der Waals surface area (Å²) < 4.78 is 4.98. The van der Waals surface area contributed by atoms with Crippen LogP contribution in [0, 0.1) is 5.92 Å². The summed E-state index contributed by atoms with van der Waals surface area (Å²) in [6.07, 6.45) is 0.822. The number of carbonyl (C=O) groups is 3. The molecule has 0 atom stereocenters. The maximum atomic E-state index is 12.1. The Labute approximate surface area is 146 Å². The molecule has 0 spiro atoms. The fourth-order valence-electron chi connectivity index (χ4n) is 1.81. The number of hydrogen-bond acceptors (Lipinski definition) is 5. The second-order valence-electron chi connectivity index (χ2n) is 5.49. The molecule has 24 heavy (non-hydrogen) atoms. The van der Waals surface area contributed by atoms with Gasteiger partial charge in [-0.25, -0.2) is 9.59 Å². The van der Waals surface area contributed by atoms with Crippen molar-refractivity contribution < 1.29 is 19.1 Å². The number of amides is 3. The lowest BCUT2D eigenvalue weighted by Gasteiger charge is -2.10. The van der Waals surface area contributed by atoms with E-state index >= 15 is 0 Å². The van der Waals surface area contributed by atoms with Gasteiger partial charge in [0.25, 0.3) is 5.91 Å². The Bertz CT molecular complexity index is 575. The fraction of sp³-hybridized carbons (Fsp3) is 0.471. The van der Waals surface area contributed by atoms with E-state index in [0.717, 1.165) is 17.1 Å². The maximum absolute atomic E-state index is 12.1. The molecule has 1 aromatic rings. The molecular formula is C17H24N2O4S. The first-order valence-corrected chi connectivity index (χ1v) is 8.89. The number of rotatable bonds is 8. The average molecular weight is 352 g/mol. The predicted octanol–water partition coefficient (Wildman–Crippen LogP) is 2.83. The molecule has 7 heteroatoms. The van der Waals surface area contributed by atoms with E-state index in [2.05, 4.69) is 10.6 Å². The van der Waals surface area contributed by atoms with Crippen LogP contribution in [0.5, 0.6) is 0 Å². The third-order valence-corrected chi connectivity index (χ3v) is 3.96. The van der Waals surface area contributed by atoms with E-state index in [0.29, 0.717) is 18.0 Å². The maximum Gasteiger partial charge on any atom is 0.339 e. The smallest absolute Gasteiger partial charge is 0.339 e. The Balaban J connectivity index is 2.41. The SMILES string of the molecule is CCSc1ccccc1C(=O)OCC(=O)NC(=O)NCCC(C)C. The lowest BCUT2D eigenvalue weighted by atomic mass is 10.1. The minimum absolute atomic E-state index is 0.415. The molecule has 0 radical (unpaired) electrons. The van der Waals surface area contributed by atoms with E-state index in [1.54, 1.807) is 12.1 Å². The third kappa shape index (κ3) is 7.50. The van der Waals surface area contributed by atoms with Crippen LogP contribution in [-0.4, -0.2) is 36.8 Å². The highest BCUT2D eigenvalue weighted by molar-refractivity contribution is 7.99. The number of hydrogen-bond donors (Lipinski definition) is 2. The van der Waals surface area contributed by atoms with Crippen molar-refractivity contribution in [3.05, 3.63) is 29.8 Å². The van der Waals surface area contributed by atoms with Gasteiger partial charge >= 0.3 is 12.0 Å². The molecule has 2 N–H and O–H groups in total. The largest absolute Gasteiger partial charge is 0.452 e. The summed E-state index contributed by atoms with van der Waals surface area (Å²) in [5.74, 6) is 0.0392. The van der Waals surface area contributed by atoms with Gasteiger partial charge in [0.05, 0.1) is 5.56 Å². The van der Waals surface area contributed by atoms with Gasteiger partial charge in [0.15, 0.2) is 6.61 Å². The van der Waals surface area contributed by atoms with Crippen molar-refractivity contribution in [2.75, 3.05) is 18.9 Å². The number of ether oxygens (including phenoxy) is 1. The van der Waals surface area contributed by atoms with Crippen molar-refractivity contribution in [3.8, 4) is 0 Å². The van der Waals surface area contributed by atoms with Gasteiger partial charge in [0.1, 0.15) is 0 Å². The number of thioether (sulfide) groups is 1. The van der Waals surface area contributed by atoms with Crippen molar-refractivity contribution >= 4 is 29.7 Å². The molecular weight excluding hydrogens is 328 g/mol. The summed E-state index contributed by atoms with van der Waals surface area (Å²) in [7, 11) is 0. The van der Waals surface area contributed by atoms with Crippen LogP contribution in [0.2, 0.25) is 0 Å². The molecule has 0 unspecified atom stereocenters. The van der Waals surface area contributed by atoms with Crippen LogP contribution < -0.4 is 10.6 Å². The highest BCUT2D eigenvalue weighted by Crippen LogP contribution is 2.22. The molecule has 0 saturated heterocycles. The number of urea groups is 1. The highest BCUT2D eigenvalue weighted by atomic mass is 32.2. The lowest BCUT2D eigenvalue weighted by molar-refractivity contribution is -0.123. The van der Waals surface area contributed by atoms with Crippen molar-refractivity contribution in [1.82, 2.24) is 10.6 Å². The van der Waals surface area contributed by atoms with Crippen LogP contribution in [0.3, 0.4) is 0 Å². The second-order valence-corrected chi connectivity index (χ2v) is 6.80. The van der Waals surface area contributed by atoms with Gasteiger partial charge in [0.2, 0.25) is 0 Å². The highest BCUT2D eigenvalue weighted by Gasteiger charge is 2.15. The van der Waals surface area contributed by atoms with E-state index in [1.165, 1.54) is 11.8 Å². The van der Waals surface area contributed by atoms with Crippen molar-refractivity contribution in [2.24, 2.45) is 5.92 Å². The molecule has 0 aliphatic heterocycles. The predicted molar refractivity (Wildman–Crippen MR) is 94.1 cm³/mol. The standard InChI is InChI=1S/C17H24N2O4S/c1-4-24-14-8-6-5-7-13(14)16(21)23-11-15(20)19-17(22)18-10-9-12(2)3/h5-8,12H,4,9-11H2,1-3H3,(H2,18,19,20,22). The summed E-state index contributed by atoms with van der Waals surface area (Å²) in [6, 6.07) is 6.46. The normalized spacial score (nSPS) is 10.3. The van der Waals surface area contributed by atoms with Crippen LogP contribution in [0.15, 0.2) is 29.2 Å². The number of esters is 1. The summed E-state index contributed by atoms with van der Waals surface area (Å²) in [5.41, 5.74) is 0.415. The Morgan fingerprint density at radius 1 is 1.21 bits per heavy atom. The Morgan fingerprint density at radius 2 is 1.92 bits per heavy atom. The van der Waals surface area contributed by atoms with Crippen LogP contribution in [0.25, 0.3) is 0 Å². The zero-order valence-corrected chi connectivity index (χ0v) is 15.1. The molecule has 0 fully saturated rings. The number of carbonyl (C=O) groups excluding carboxylic acids is 3. The average Bonchev–Trinajstić information content (AvgIpc) is 2.53. The summed E-state index contributed by atoms with van der Waals surface area (Å²) in [6.45, 7) is 6.05. The molecule has 0 aliphatic carbocycles. The minimum atomic E-state index is -0.661. The van der Waals surface area contributed by atoms with E-state index < -0.39 is 24.5 Å². The monoisotopic (exact) mass is 352 g/mol.